The molecule has 0 aliphatic rings. The first-order chi connectivity index (χ1) is 6.04. The Morgan fingerprint density at radius 3 is 1.69 bits per heavy atom. The van der Waals surface area contributed by atoms with Crippen LogP contribution < -0.4 is 0 Å². The van der Waals surface area contributed by atoms with Gasteiger partial charge in [0.1, 0.15) is 0 Å². The molecule has 0 radical (unpaired) electrons. The molecule has 0 aromatic heterocycles. The Balaban J connectivity index is 0. The molecule has 0 aliphatic carbocycles. The van der Waals surface area contributed by atoms with Crippen molar-refractivity contribution in [3.05, 3.63) is 30.5 Å². The second-order valence-electron chi connectivity index (χ2n) is 1.49. The van der Waals surface area contributed by atoms with E-state index < -0.39 is 11.9 Å². The van der Waals surface area contributed by atoms with E-state index in [1.807, 2.05) is 0 Å². The summed E-state index contributed by atoms with van der Waals surface area (Å²) in [5.41, 5.74) is 2.28. The van der Waals surface area contributed by atoms with Gasteiger partial charge in [0.05, 0.1) is 12.1 Å². The van der Waals surface area contributed by atoms with E-state index in [9.17, 15) is 9.59 Å². The first-order valence-electron chi connectivity index (χ1n) is 2.92. The van der Waals surface area contributed by atoms with Gasteiger partial charge in [-0.1, -0.05) is 6.58 Å². The van der Waals surface area contributed by atoms with E-state index in [1.54, 1.807) is 6.07 Å². The van der Waals surface area contributed by atoms with E-state index >= 15 is 0 Å². The largest absolute Gasteiger partial charge is 0.478 e. The molecule has 68 valence electrons. The highest BCUT2D eigenvalue weighted by molar-refractivity contribution is 5.89. The van der Waals surface area contributed by atoms with Crippen LogP contribution in [-0.2, 0) is 9.59 Å². The number of nitrogens with zero attached hydrogens (tertiary/aromatic N) is 1. The van der Waals surface area contributed by atoms with Gasteiger partial charge in [0.15, 0.2) is 0 Å². The van der Waals surface area contributed by atoms with Crippen molar-refractivity contribution in [1.82, 2.24) is 0 Å². The third kappa shape index (κ3) is 26.1. The molecule has 0 saturated heterocycles. The van der Waals surface area contributed by atoms with Crippen LogP contribution in [0, 0.1) is 11.3 Å². The van der Waals surface area contributed by atoms with Crippen LogP contribution in [0.4, 0.5) is 0 Å². The molecule has 0 bridgehead atoms. The minimum atomic E-state index is -1.26. The lowest BCUT2D eigenvalue weighted by atomic mass is 10.5. The van der Waals surface area contributed by atoms with Gasteiger partial charge in [-0.15, -0.1) is 5.73 Å². The number of allylic oxidation sites excluding steroid dienone is 1. The van der Waals surface area contributed by atoms with Crippen LogP contribution in [0.15, 0.2) is 30.5 Å². The zero-order valence-corrected chi connectivity index (χ0v) is 6.60. The maximum Gasteiger partial charge on any atom is 0.328 e. The monoisotopic (exact) mass is 181 g/mol. The molecular formula is C8H7NO4. The van der Waals surface area contributed by atoms with Crippen molar-refractivity contribution in [2.75, 3.05) is 0 Å². The molecule has 0 spiro atoms. The van der Waals surface area contributed by atoms with Gasteiger partial charge in [0.25, 0.3) is 0 Å². The molecule has 5 nitrogen and oxygen atoms in total. The van der Waals surface area contributed by atoms with Gasteiger partial charge in [0.2, 0.25) is 0 Å². The fourth-order valence-electron chi connectivity index (χ4n) is 0.188. The van der Waals surface area contributed by atoms with Crippen LogP contribution in [0.1, 0.15) is 0 Å². The minimum absolute atomic E-state index is 0.558. The van der Waals surface area contributed by atoms with Crippen LogP contribution in [0.3, 0.4) is 0 Å². The molecule has 0 aromatic rings. The van der Waals surface area contributed by atoms with Gasteiger partial charge < -0.3 is 10.2 Å². The third-order valence-electron chi connectivity index (χ3n) is 0.535. The van der Waals surface area contributed by atoms with Gasteiger partial charge in [-0.3, -0.25) is 0 Å². The second-order valence-corrected chi connectivity index (χ2v) is 1.49. The van der Waals surface area contributed by atoms with Crippen LogP contribution in [0.25, 0.3) is 0 Å². The molecule has 0 amide bonds. The average molecular weight is 181 g/mol. The SMILES string of the molecule is C=C=CC#N.O=C(O)C=CC(=O)O. The number of carbonyl (C=O) groups is 2. The smallest absolute Gasteiger partial charge is 0.328 e. The molecule has 0 rings (SSSR count). The van der Waals surface area contributed by atoms with Gasteiger partial charge in [-0.2, -0.15) is 5.26 Å². The molecule has 5 heteroatoms. The standard InChI is InChI=1S/C4H3N.C4H4O4/c1-2-3-4-5;5-3(6)1-2-4(7)8/h3H,1H2;1-2H,(H,5,6)(H,7,8). The number of nitriles is 1. The predicted molar refractivity (Wildman–Crippen MR) is 43.7 cm³/mol. The summed E-state index contributed by atoms with van der Waals surface area (Å²) in [6.45, 7) is 3.15. The number of carboxylic acid groups (broad SMARTS) is 2. The number of carboxylic acids is 2. The van der Waals surface area contributed by atoms with E-state index in [0.29, 0.717) is 12.2 Å². The van der Waals surface area contributed by atoms with Crippen LogP contribution >= 0.6 is 0 Å². The van der Waals surface area contributed by atoms with Crippen molar-refractivity contribution in [3.63, 3.8) is 0 Å². The average Bonchev–Trinajstić information content (AvgIpc) is 2.03. The highest BCUT2D eigenvalue weighted by Crippen LogP contribution is 1.70. The minimum Gasteiger partial charge on any atom is -0.478 e. The van der Waals surface area contributed by atoms with Crippen molar-refractivity contribution >= 4 is 11.9 Å². The second kappa shape index (κ2) is 9.69. The summed E-state index contributed by atoms with van der Waals surface area (Å²) in [6, 6.07) is 1.72. The number of rotatable bonds is 2. The lowest BCUT2D eigenvalue weighted by Gasteiger charge is -1.74. The first-order valence-corrected chi connectivity index (χ1v) is 2.92. The Morgan fingerprint density at radius 1 is 1.23 bits per heavy atom. The molecule has 13 heavy (non-hydrogen) atoms. The predicted octanol–water partition coefficient (Wildman–Crippen LogP) is 0.563. The summed E-state index contributed by atoms with van der Waals surface area (Å²) in [6.07, 6.45) is 2.31. The summed E-state index contributed by atoms with van der Waals surface area (Å²) in [5, 5.41) is 23.3. The Morgan fingerprint density at radius 2 is 1.62 bits per heavy atom. The molecule has 2 N–H and O–H groups in total. The lowest BCUT2D eigenvalue weighted by Crippen LogP contribution is -1.91. The zero-order valence-electron chi connectivity index (χ0n) is 6.60. The summed E-state index contributed by atoms with van der Waals surface area (Å²) in [4.78, 5) is 19.1. The van der Waals surface area contributed by atoms with Crippen molar-refractivity contribution in [2.24, 2.45) is 0 Å². The van der Waals surface area contributed by atoms with Gasteiger partial charge in [-0.05, 0) is 0 Å². The van der Waals surface area contributed by atoms with E-state index in [0.717, 1.165) is 0 Å². The van der Waals surface area contributed by atoms with E-state index in [1.165, 1.54) is 6.08 Å². The highest BCUT2D eigenvalue weighted by atomic mass is 16.4. The molecule has 0 atom stereocenters. The number of aliphatic carboxylic acids is 2. The maximum atomic E-state index is 9.55. The highest BCUT2D eigenvalue weighted by Gasteiger charge is 1.88. The first kappa shape index (κ1) is 13.3. The number of hydrogen-bond acceptors (Lipinski definition) is 3. The molecule has 0 saturated carbocycles. The molecule has 0 aromatic carbocycles. The molecular weight excluding hydrogens is 174 g/mol. The quantitative estimate of drug-likeness (QED) is 0.368. The van der Waals surface area contributed by atoms with Crippen molar-refractivity contribution in [2.45, 2.75) is 0 Å². The molecule has 0 fully saturated rings. The summed E-state index contributed by atoms with van der Waals surface area (Å²) >= 11 is 0. The van der Waals surface area contributed by atoms with E-state index in [-0.39, 0.29) is 0 Å². The molecule has 0 aliphatic heterocycles. The van der Waals surface area contributed by atoms with Crippen molar-refractivity contribution in [1.29, 1.82) is 5.26 Å². The fourth-order valence-corrected chi connectivity index (χ4v) is 0.188. The van der Waals surface area contributed by atoms with Gasteiger partial charge in [-0.25, -0.2) is 9.59 Å². The van der Waals surface area contributed by atoms with E-state index in [4.69, 9.17) is 15.5 Å². The maximum absolute atomic E-state index is 9.55. The topological polar surface area (TPSA) is 98.4 Å². The zero-order chi connectivity index (χ0) is 10.7. The van der Waals surface area contributed by atoms with Crippen LogP contribution in [-0.4, -0.2) is 22.2 Å². The van der Waals surface area contributed by atoms with Crippen molar-refractivity contribution in [3.8, 4) is 6.07 Å². The number of hydrogen-bond donors (Lipinski definition) is 2. The van der Waals surface area contributed by atoms with Crippen LogP contribution in [0.5, 0.6) is 0 Å². The van der Waals surface area contributed by atoms with E-state index in [2.05, 4.69) is 12.3 Å². The summed E-state index contributed by atoms with van der Waals surface area (Å²) < 4.78 is 0. The van der Waals surface area contributed by atoms with Crippen molar-refractivity contribution < 1.29 is 19.8 Å². The molecule has 0 heterocycles. The lowest BCUT2D eigenvalue weighted by molar-refractivity contribution is -0.134. The van der Waals surface area contributed by atoms with Crippen LogP contribution in [0.2, 0.25) is 0 Å². The summed E-state index contributed by atoms with van der Waals surface area (Å²) in [5.74, 6) is -2.51. The fraction of sp³-hybridized carbons (Fsp3) is 0. The third-order valence-corrected chi connectivity index (χ3v) is 0.535. The Bertz CT molecular complexity index is 276. The Labute approximate surface area is 74.5 Å². The van der Waals surface area contributed by atoms with Gasteiger partial charge >= 0.3 is 11.9 Å². The summed E-state index contributed by atoms with van der Waals surface area (Å²) in [7, 11) is 0. The normalized spacial score (nSPS) is 7.31. The Hall–Kier alpha value is -2.31. The molecule has 0 unspecified atom stereocenters. The van der Waals surface area contributed by atoms with Gasteiger partial charge in [0, 0.05) is 12.2 Å². The Kier molecular flexibility index (Phi) is 9.91.